The van der Waals surface area contributed by atoms with E-state index in [0.29, 0.717) is 6.61 Å². The third-order valence-electron chi connectivity index (χ3n) is 3.60. The maximum absolute atomic E-state index is 5.81. The Morgan fingerprint density at radius 1 is 1.13 bits per heavy atom. The maximum Gasteiger partial charge on any atom is 0.174 e. The third kappa shape index (κ3) is 4.77. The summed E-state index contributed by atoms with van der Waals surface area (Å²) in [6.07, 6.45) is 0.981. The Morgan fingerprint density at radius 3 is 2.57 bits per heavy atom. The van der Waals surface area contributed by atoms with Crippen molar-refractivity contribution in [1.29, 1.82) is 0 Å². The molecule has 0 saturated heterocycles. The van der Waals surface area contributed by atoms with E-state index >= 15 is 0 Å². The Morgan fingerprint density at radius 2 is 1.91 bits per heavy atom. The van der Waals surface area contributed by atoms with Gasteiger partial charge in [0.25, 0.3) is 0 Å². The molecule has 0 saturated carbocycles. The number of hydrogen-bond donors (Lipinski definition) is 1. The van der Waals surface area contributed by atoms with Crippen molar-refractivity contribution in [2.75, 3.05) is 19.0 Å². The fourth-order valence-electron chi connectivity index (χ4n) is 2.43. The first-order valence-corrected chi connectivity index (χ1v) is 8.93. The van der Waals surface area contributed by atoms with Gasteiger partial charge in [-0.25, -0.2) is 0 Å². The van der Waals surface area contributed by atoms with E-state index in [-0.39, 0.29) is 0 Å². The summed E-state index contributed by atoms with van der Waals surface area (Å²) in [6, 6.07) is 10.6. The van der Waals surface area contributed by atoms with E-state index in [2.05, 4.69) is 72.9 Å². The van der Waals surface area contributed by atoms with Gasteiger partial charge in [-0.1, -0.05) is 24.6 Å². The molecule has 2 aromatic carbocycles. The van der Waals surface area contributed by atoms with Gasteiger partial charge in [0.2, 0.25) is 0 Å². The van der Waals surface area contributed by atoms with Crippen LogP contribution in [0.2, 0.25) is 0 Å². The van der Waals surface area contributed by atoms with Gasteiger partial charge in [-0.15, -0.1) is 0 Å². The van der Waals surface area contributed by atoms with Gasteiger partial charge in [-0.3, -0.25) is 0 Å². The molecule has 0 aliphatic heterocycles. The maximum atomic E-state index is 5.81. The molecule has 0 bridgehead atoms. The minimum atomic E-state index is 0.701. The number of anilines is 1. The summed E-state index contributed by atoms with van der Waals surface area (Å²) in [4.78, 5) is 0. The average molecular weight is 425 g/mol. The van der Waals surface area contributed by atoms with E-state index in [4.69, 9.17) is 9.47 Å². The summed E-state index contributed by atoms with van der Waals surface area (Å²) < 4.78 is 12.4. The number of nitrogens with one attached hydrogen (secondary N) is 1. The van der Waals surface area contributed by atoms with E-state index < -0.39 is 0 Å². The number of aryl methyl sites for hydroxylation is 2. The summed E-state index contributed by atoms with van der Waals surface area (Å²) in [7, 11) is 1.69. The number of methoxy groups -OCH3 is 1. The minimum absolute atomic E-state index is 0.701. The zero-order valence-electron chi connectivity index (χ0n) is 14.2. The van der Waals surface area contributed by atoms with E-state index in [0.717, 1.165) is 33.7 Å². The summed E-state index contributed by atoms with van der Waals surface area (Å²) in [6.45, 7) is 7.79. The average Bonchev–Trinajstić information content (AvgIpc) is 2.52. The van der Waals surface area contributed by atoms with E-state index in [1.807, 2.05) is 6.07 Å². The van der Waals surface area contributed by atoms with Crippen LogP contribution in [0.15, 0.2) is 30.3 Å². The Balaban J connectivity index is 2.15. The lowest BCUT2D eigenvalue weighted by Gasteiger charge is -2.15. The molecule has 0 radical (unpaired) electrons. The van der Waals surface area contributed by atoms with Crippen LogP contribution in [0.5, 0.6) is 11.5 Å². The molecule has 124 valence electrons. The van der Waals surface area contributed by atoms with Crippen molar-refractivity contribution in [2.45, 2.75) is 33.7 Å². The SMILES string of the molecule is CCCOc1c(I)cc(CNc2ccc(C)cc2C)cc1OC. The molecule has 0 aliphatic carbocycles. The monoisotopic (exact) mass is 425 g/mol. The highest BCUT2D eigenvalue weighted by atomic mass is 127. The standard InChI is InChI=1S/C19H24INO2/c1-5-8-23-19-16(20)10-15(11-18(19)22-4)12-21-17-7-6-13(2)9-14(17)3/h6-7,9-11,21H,5,8,12H2,1-4H3. The van der Waals surface area contributed by atoms with Crippen molar-refractivity contribution in [3.63, 3.8) is 0 Å². The van der Waals surface area contributed by atoms with Crippen molar-refractivity contribution >= 4 is 28.3 Å². The van der Waals surface area contributed by atoms with Gasteiger partial charge >= 0.3 is 0 Å². The Hall–Kier alpha value is -1.43. The molecule has 2 rings (SSSR count). The lowest BCUT2D eigenvalue weighted by atomic mass is 10.1. The number of benzene rings is 2. The van der Waals surface area contributed by atoms with E-state index in [1.165, 1.54) is 16.7 Å². The second-order valence-electron chi connectivity index (χ2n) is 5.63. The van der Waals surface area contributed by atoms with E-state index in [9.17, 15) is 0 Å². The largest absolute Gasteiger partial charge is 0.493 e. The van der Waals surface area contributed by atoms with Crippen molar-refractivity contribution < 1.29 is 9.47 Å². The highest BCUT2D eigenvalue weighted by Gasteiger charge is 2.11. The van der Waals surface area contributed by atoms with Crippen LogP contribution in [0.1, 0.15) is 30.0 Å². The summed E-state index contributed by atoms with van der Waals surface area (Å²) in [5.41, 5.74) is 4.88. The Kier molecular flexibility index (Phi) is 6.57. The number of hydrogen-bond acceptors (Lipinski definition) is 3. The summed E-state index contributed by atoms with van der Waals surface area (Å²) in [5, 5.41) is 3.50. The topological polar surface area (TPSA) is 30.5 Å². The fraction of sp³-hybridized carbons (Fsp3) is 0.368. The van der Waals surface area contributed by atoms with Crippen LogP contribution in [0.25, 0.3) is 0 Å². The van der Waals surface area contributed by atoms with Crippen LogP contribution < -0.4 is 14.8 Å². The molecule has 0 atom stereocenters. The second kappa shape index (κ2) is 8.43. The zero-order chi connectivity index (χ0) is 16.8. The van der Waals surface area contributed by atoms with Gasteiger partial charge < -0.3 is 14.8 Å². The molecule has 0 fully saturated rings. The van der Waals surface area contributed by atoms with Gasteiger partial charge in [0, 0.05) is 12.2 Å². The second-order valence-corrected chi connectivity index (χ2v) is 6.79. The fourth-order valence-corrected chi connectivity index (χ4v) is 3.25. The van der Waals surface area contributed by atoms with Crippen LogP contribution >= 0.6 is 22.6 Å². The van der Waals surface area contributed by atoms with Gasteiger partial charge in [0.05, 0.1) is 17.3 Å². The molecular formula is C19H24INO2. The van der Waals surface area contributed by atoms with Gasteiger partial charge in [0.15, 0.2) is 11.5 Å². The quantitative estimate of drug-likeness (QED) is 0.610. The molecule has 4 heteroatoms. The Bertz CT molecular complexity index is 671. The molecule has 0 spiro atoms. The molecule has 23 heavy (non-hydrogen) atoms. The predicted octanol–water partition coefficient (Wildman–Crippen LogP) is 5.32. The molecule has 0 amide bonds. The van der Waals surface area contributed by atoms with Crippen LogP contribution in [-0.2, 0) is 6.54 Å². The van der Waals surface area contributed by atoms with Crippen LogP contribution in [0, 0.1) is 17.4 Å². The van der Waals surface area contributed by atoms with Crippen molar-refractivity contribution in [3.8, 4) is 11.5 Å². The van der Waals surface area contributed by atoms with E-state index in [1.54, 1.807) is 7.11 Å². The van der Waals surface area contributed by atoms with Gasteiger partial charge in [-0.2, -0.15) is 0 Å². The lowest BCUT2D eigenvalue weighted by molar-refractivity contribution is 0.292. The van der Waals surface area contributed by atoms with Crippen molar-refractivity contribution in [3.05, 3.63) is 50.6 Å². The Labute approximate surface area is 152 Å². The summed E-state index contributed by atoms with van der Waals surface area (Å²) in [5.74, 6) is 1.63. The van der Waals surface area contributed by atoms with Crippen molar-refractivity contribution in [2.24, 2.45) is 0 Å². The highest BCUT2D eigenvalue weighted by molar-refractivity contribution is 14.1. The molecule has 1 N–H and O–H groups in total. The van der Waals surface area contributed by atoms with Crippen LogP contribution in [0.4, 0.5) is 5.69 Å². The summed E-state index contributed by atoms with van der Waals surface area (Å²) >= 11 is 2.31. The molecule has 2 aromatic rings. The van der Waals surface area contributed by atoms with Crippen molar-refractivity contribution in [1.82, 2.24) is 0 Å². The smallest absolute Gasteiger partial charge is 0.174 e. The molecule has 0 aliphatic rings. The van der Waals surface area contributed by atoms with Gasteiger partial charge in [0.1, 0.15) is 0 Å². The third-order valence-corrected chi connectivity index (χ3v) is 4.41. The van der Waals surface area contributed by atoms with Crippen LogP contribution in [-0.4, -0.2) is 13.7 Å². The highest BCUT2D eigenvalue weighted by Crippen LogP contribution is 2.34. The zero-order valence-corrected chi connectivity index (χ0v) is 16.4. The number of halogens is 1. The number of ether oxygens (including phenoxy) is 2. The predicted molar refractivity (Wildman–Crippen MR) is 105 cm³/mol. The number of rotatable bonds is 7. The first-order chi connectivity index (χ1) is 11.0. The first kappa shape index (κ1) is 17.9. The molecule has 0 aromatic heterocycles. The lowest BCUT2D eigenvalue weighted by Crippen LogP contribution is -2.04. The normalized spacial score (nSPS) is 10.5. The molecular weight excluding hydrogens is 401 g/mol. The molecule has 0 heterocycles. The minimum Gasteiger partial charge on any atom is -0.493 e. The molecule has 3 nitrogen and oxygen atoms in total. The van der Waals surface area contributed by atoms with Crippen LogP contribution in [0.3, 0.4) is 0 Å². The molecule has 0 unspecified atom stereocenters. The first-order valence-electron chi connectivity index (χ1n) is 7.85. The van der Waals surface area contributed by atoms with Gasteiger partial charge in [-0.05, 0) is 72.2 Å².